The molecule has 2 aromatic rings. The number of carbonyl (C=O) groups excluding carboxylic acids is 1. The van der Waals surface area contributed by atoms with E-state index in [1.165, 1.54) is 14.2 Å². The van der Waals surface area contributed by atoms with Gasteiger partial charge in [0.05, 0.1) is 7.11 Å². The highest BCUT2D eigenvalue weighted by Crippen LogP contribution is 2.20. The molecule has 17 heavy (non-hydrogen) atoms. The normalized spacial score (nSPS) is 10.0. The Kier molecular flexibility index (Phi) is 3.04. The number of ether oxygens (including phenoxy) is 1. The van der Waals surface area contributed by atoms with E-state index in [1.54, 1.807) is 0 Å². The molecule has 0 N–H and O–H groups in total. The lowest BCUT2D eigenvalue weighted by atomic mass is 10.1. The summed E-state index contributed by atoms with van der Waals surface area (Å²) in [4.78, 5) is 17.6. The number of rotatable bonds is 3. The average molecular weight is 233 g/mol. The fraction of sp³-hybridized carbons (Fsp3) is 0.182. The van der Waals surface area contributed by atoms with Crippen LogP contribution < -0.4 is 4.84 Å². The lowest BCUT2D eigenvalue weighted by Gasteiger charge is -2.03. The number of hydrogen-bond donors (Lipinski definition) is 0. The van der Waals surface area contributed by atoms with Gasteiger partial charge < -0.3 is 9.57 Å². The van der Waals surface area contributed by atoms with Crippen LogP contribution in [0.15, 0.2) is 30.3 Å². The van der Waals surface area contributed by atoms with E-state index in [2.05, 4.69) is 15.0 Å². The van der Waals surface area contributed by atoms with Crippen LogP contribution >= 0.6 is 0 Å². The van der Waals surface area contributed by atoms with Crippen molar-refractivity contribution in [2.45, 2.75) is 0 Å². The highest BCUT2D eigenvalue weighted by molar-refractivity contribution is 5.94. The Bertz CT molecular complexity index is 522. The number of carbonyl (C=O) groups is 1. The maximum Gasteiger partial charge on any atom is 0.362 e. The molecule has 0 radical (unpaired) electrons. The van der Waals surface area contributed by atoms with E-state index in [1.807, 2.05) is 30.3 Å². The van der Waals surface area contributed by atoms with Crippen molar-refractivity contribution in [3.05, 3.63) is 36.0 Å². The van der Waals surface area contributed by atoms with Crippen molar-refractivity contribution in [1.29, 1.82) is 0 Å². The Morgan fingerprint density at radius 3 is 2.53 bits per heavy atom. The molecule has 0 amide bonds. The summed E-state index contributed by atoms with van der Waals surface area (Å²) in [6.45, 7) is 0. The Hall–Kier alpha value is -2.37. The van der Waals surface area contributed by atoms with Gasteiger partial charge in [0.1, 0.15) is 12.8 Å². The van der Waals surface area contributed by atoms with E-state index in [0.717, 1.165) is 10.4 Å². The number of nitrogens with zero attached hydrogens (tertiary/aromatic N) is 3. The second kappa shape index (κ2) is 4.65. The zero-order valence-electron chi connectivity index (χ0n) is 9.45. The molecule has 0 fully saturated rings. The van der Waals surface area contributed by atoms with Gasteiger partial charge in [-0.2, -0.15) is 0 Å². The molecule has 0 aliphatic heterocycles. The predicted octanol–water partition coefficient (Wildman–Crippen LogP) is 0.790. The molecular weight excluding hydrogens is 222 g/mol. The topological polar surface area (TPSA) is 66.2 Å². The fourth-order valence-electron chi connectivity index (χ4n) is 1.46. The van der Waals surface area contributed by atoms with Crippen LogP contribution in [0.5, 0.6) is 0 Å². The minimum absolute atomic E-state index is 0.168. The van der Waals surface area contributed by atoms with Gasteiger partial charge in [-0.15, -0.1) is 5.10 Å². The SMILES string of the molecule is COC(=O)c1c(-c2ccccc2)nnn1OC. The van der Waals surface area contributed by atoms with Crippen molar-refractivity contribution in [3.8, 4) is 11.3 Å². The molecule has 6 heteroatoms. The lowest BCUT2D eigenvalue weighted by molar-refractivity contribution is 0.0519. The van der Waals surface area contributed by atoms with Crippen molar-refractivity contribution in [2.75, 3.05) is 14.2 Å². The predicted molar refractivity (Wildman–Crippen MR) is 59.3 cm³/mol. The van der Waals surface area contributed by atoms with Crippen LogP contribution in [0.4, 0.5) is 0 Å². The van der Waals surface area contributed by atoms with E-state index in [4.69, 9.17) is 4.84 Å². The van der Waals surface area contributed by atoms with E-state index in [-0.39, 0.29) is 5.69 Å². The molecule has 6 nitrogen and oxygen atoms in total. The molecule has 0 bridgehead atoms. The van der Waals surface area contributed by atoms with Gasteiger partial charge in [-0.05, 0) is 5.21 Å². The van der Waals surface area contributed by atoms with Gasteiger partial charge in [-0.1, -0.05) is 35.2 Å². The standard InChI is InChI=1S/C11H11N3O3/c1-16-11(15)10-9(12-13-14(10)17-2)8-6-4-3-5-7-8/h3-7H,1-2H3. The Balaban J connectivity index is 2.55. The third-order valence-electron chi connectivity index (χ3n) is 2.24. The van der Waals surface area contributed by atoms with Crippen molar-refractivity contribution < 1.29 is 14.4 Å². The van der Waals surface area contributed by atoms with Gasteiger partial charge in [0.15, 0.2) is 0 Å². The third-order valence-corrected chi connectivity index (χ3v) is 2.24. The fourth-order valence-corrected chi connectivity index (χ4v) is 1.46. The summed E-state index contributed by atoms with van der Waals surface area (Å²) in [5.74, 6) is -0.546. The van der Waals surface area contributed by atoms with Crippen LogP contribution in [0.1, 0.15) is 10.5 Å². The first-order valence-corrected chi connectivity index (χ1v) is 4.92. The van der Waals surface area contributed by atoms with Crippen LogP contribution in [0.2, 0.25) is 0 Å². The second-order valence-electron chi connectivity index (χ2n) is 3.20. The summed E-state index contributed by atoms with van der Waals surface area (Å²) in [6.07, 6.45) is 0. The van der Waals surface area contributed by atoms with Gasteiger partial charge in [-0.25, -0.2) is 4.79 Å². The number of aromatic nitrogens is 3. The third kappa shape index (κ3) is 1.96. The molecule has 0 saturated carbocycles. The first-order valence-electron chi connectivity index (χ1n) is 4.92. The molecule has 1 aromatic carbocycles. The molecule has 0 spiro atoms. The van der Waals surface area contributed by atoms with E-state index >= 15 is 0 Å². The second-order valence-corrected chi connectivity index (χ2v) is 3.20. The molecule has 88 valence electrons. The van der Waals surface area contributed by atoms with Crippen LogP contribution in [-0.4, -0.2) is 35.3 Å². The van der Waals surface area contributed by atoms with Crippen LogP contribution in [0.25, 0.3) is 11.3 Å². The number of hydrogen-bond acceptors (Lipinski definition) is 5. The van der Waals surface area contributed by atoms with Gasteiger partial charge in [-0.3, -0.25) is 0 Å². The van der Waals surface area contributed by atoms with E-state index in [9.17, 15) is 4.79 Å². The summed E-state index contributed by atoms with van der Waals surface area (Å²) in [6, 6.07) is 9.24. The summed E-state index contributed by atoms with van der Waals surface area (Å²) < 4.78 is 4.68. The molecule has 1 heterocycles. The quantitative estimate of drug-likeness (QED) is 0.733. The van der Waals surface area contributed by atoms with Crippen molar-refractivity contribution in [1.82, 2.24) is 15.2 Å². The monoisotopic (exact) mass is 233 g/mol. The zero-order chi connectivity index (χ0) is 12.3. The summed E-state index contributed by atoms with van der Waals surface area (Å²) in [5.41, 5.74) is 1.37. The summed E-state index contributed by atoms with van der Waals surface area (Å²) in [5, 5.41) is 7.64. The Morgan fingerprint density at radius 1 is 1.24 bits per heavy atom. The highest BCUT2D eigenvalue weighted by Gasteiger charge is 2.22. The molecule has 0 aliphatic rings. The lowest BCUT2D eigenvalue weighted by Crippen LogP contribution is -2.17. The van der Waals surface area contributed by atoms with Gasteiger partial charge in [0.25, 0.3) is 0 Å². The van der Waals surface area contributed by atoms with Crippen molar-refractivity contribution >= 4 is 5.97 Å². The average Bonchev–Trinajstić information content (AvgIpc) is 2.82. The summed E-state index contributed by atoms with van der Waals surface area (Å²) >= 11 is 0. The van der Waals surface area contributed by atoms with Crippen LogP contribution in [0.3, 0.4) is 0 Å². The largest absolute Gasteiger partial charge is 0.464 e. The van der Waals surface area contributed by atoms with Gasteiger partial charge in [0.2, 0.25) is 5.69 Å². The summed E-state index contributed by atoms with van der Waals surface area (Å²) in [7, 11) is 2.69. The Morgan fingerprint density at radius 2 is 1.94 bits per heavy atom. The minimum Gasteiger partial charge on any atom is -0.464 e. The maximum atomic E-state index is 11.6. The van der Waals surface area contributed by atoms with Crippen LogP contribution in [-0.2, 0) is 4.74 Å². The molecule has 0 unspecified atom stereocenters. The van der Waals surface area contributed by atoms with Gasteiger partial charge in [0, 0.05) is 5.56 Å². The van der Waals surface area contributed by atoms with E-state index in [0.29, 0.717) is 5.69 Å². The molecular formula is C11H11N3O3. The maximum absolute atomic E-state index is 11.6. The first kappa shape index (κ1) is 11.1. The molecule has 1 aromatic heterocycles. The van der Waals surface area contributed by atoms with Crippen molar-refractivity contribution in [3.63, 3.8) is 0 Å². The molecule has 0 atom stereocenters. The number of esters is 1. The number of benzene rings is 1. The van der Waals surface area contributed by atoms with E-state index < -0.39 is 5.97 Å². The molecule has 0 saturated heterocycles. The van der Waals surface area contributed by atoms with Crippen LogP contribution in [0, 0.1) is 0 Å². The molecule has 0 aliphatic carbocycles. The number of methoxy groups -OCH3 is 1. The Labute approximate surface area is 97.7 Å². The highest BCUT2D eigenvalue weighted by atomic mass is 16.7. The zero-order valence-corrected chi connectivity index (χ0v) is 9.45. The van der Waals surface area contributed by atoms with Gasteiger partial charge >= 0.3 is 5.97 Å². The van der Waals surface area contributed by atoms with Crippen molar-refractivity contribution in [2.24, 2.45) is 0 Å². The molecule has 2 rings (SSSR count). The minimum atomic E-state index is -0.546. The smallest absolute Gasteiger partial charge is 0.362 e. The first-order chi connectivity index (χ1) is 8.27.